The van der Waals surface area contributed by atoms with Gasteiger partial charge in [-0.25, -0.2) is 9.97 Å². The van der Waals surface area contributed by atoms with Gasteiger partial charge in [-0.3, -0.25) is 19.9 Å². The Hall–Kier alpha value is -5.21. The molecule has 0 spiro atoms. The van der Waals surface area contributed by atoms with Crippen molar-refractivity contribution in [1.29, 1.82) is 0 Å². The summed E-state index contributed by atoms with van der Waals surface area (Å²) in [6.07, 6.45) is 10.4. The van der Waals surface area contributed by atoms with E-state index >= 15 is 0 Å². The number of fused-ring (bicyclic) bond motifs is 2. The molecular weight excluding hydrogens is 709 g/mol. The van der Waals surface area contributed by atoms with Gasteiger partial charge in [0.2, 0.25) is 18.2 Å². The molecule has 3 fully saturated rings. The third-order valence-electron chi connectivity index (χ3n) is 12.1. The Labute approximate surface area is 326 Å². The molecule has 4 heterocycles. The minimum absolute atomic E-state index is 0.0767. The monoisotopic (exact) mass is 758 g/mol. The number of carbonyl (C=O) groups excluding carboxylic acids is 2. The maximum atomic E-state index is 13.7. The zero-order valence-corrected chi connectivity index (χ0v) is 32.0. The number of rotatable bonds is 14. The number of aromatic amines is 2. The highest BCUT2D eigenvalue weighted by Crippen LogP contribution is 2.56. The molecule has 13 nitrogen and oxygen atoms in total. The van der Waals surface area contributed by atoms with Crippen LogP contribution < -0.4 is 10.6 Å². The zero-order valence-electron chi connectivity index (χ0n) is 32.0. The number of imidazole rings is 2. The van der Waals surface area contributed by atoms with E-state index < -0.39 is 18.6 Å². The van der Waals surface area contributed by atoms with Crippen LogP contribution in [0.5, 0.6) is 0 Å². The smallest absolute Gasteiger partial charge is 0.243 e. The normalized spacial score (nSPS) is 23.3. The first-order chi connectivity index (χ1) is 27.3. The third kappa shape index (κ3) is 7.64. The summed E-state index contributed by atoms with van der Waals surface area (Å²) in [6.45, 7) is 2.85. The lowest BCUT2D eigenvalue weighted by molar-refractivity contribution is -0.148. The Balaban J connectivity index is 0.917. The Morgan fingerprint density at radius 3 is 2.14 bits per heavy atom. The number of hydrogen-bond acceptors (Lipinski definition) is 9. The van der Waals surface area contributed by atoms with Crippen molar-refractivity contribution in [2.24, 2.45) is 17.8 Å². The summed E-state index contributed by atoms with van der Waals surface area (Å²) in [5.74, 6) is 2.45. The molecule has 8 rings (SSSR count). The van der Waals surface area contributed by atoms with Crippen molar-refractivity contribution in [3.05, 3.63) is 103 Å². The third-order valence-corrected chi connectivity index (χ3v) is 12.1. The minimum atomic E-state index is -1.29. The molecule has 1 aliphatic heterocycles. The Kier molecular flexibility index (Phi) is 11.1. The topological polar surface area (TPSA) is 170 Å². The lowest BCUT2D eigenvalue weighted by Gasteiger charge is -2.31. The number of benzene rings is 2. The van der Waals surface area contributed by atoms with E-state index in [0.717, 1.165) is 83.0 Å². The first-order valence-corrected chi connectivity index (χ1v) is 19.6. The van der Waals surface area contributed by atoms with Crippen molar-refractivity contribution in [3.8, 4) is 33.6 Å². The van der Waals surface area contributed by atoms with E-state index in [1.54, 1.807) is 24.2 Å². The molecule has 56 heavy (non-hydrogen) atoms. The van der Waals surface area contributed by atoms with Gasteiger partial charge in [0, 0.05) is 45.6 Å². The largest absolute Gasteiger partial charge is 0.380 e. The molecule has 5 aromatic rings. The predicted octanol–water partition coefficient (Wildman–Crippen LogP) is 5.55. The summed E-state index contributed by atoms with van der Waals surface area (Å²) in [7, 11) is 2.90. The van der Waals surface area contributed by atoms with E-state index in [2.05, 4.69) is 74.1 Å². The number of hydrogen-bond donors (Lipinski definition) is 5. The van der Waals surface area contributed by atoms with Crippen LogP contribution in [0.2, 0.25) is 0 Å². The lowest BCUT2D eigenvalue weighted by atomic mass is 9.78. The number of ether oxygens (including phenoxy) is 2. The van der Waals surface area contributed by atoms with E-state index in [4.69, 9.17) is 19.4 Å². The van der Waals surface area contributed by atoms with Crippen LogP contribution in [0.3, 0.4) is 0 Å². The SMILES string of the molecule is COC(O)N[C@H](C(=O)N1CCC[C@H]1c1ncc(-c2ccc(-c3ccc(-c4cnc([C@H]5C6CCC(C6)[C@@H]5C(=O)NCc5cccnc5)[nH]4)cc3)cc2)[nH]1)[C@@H](C)OC. The molecule has 8 atom stereocenters. The Bertz CT molecular complexity index is 2100. The molecule has 2 aromatic carbocycles. The second kappa shape index (κ2) is 16.5. The lowest BCUT2D eigenvalue weighted by Crippen LogP contribution is -2.55. The van der Waals surface area contributed by atoms with Gasteiger partial charge in [0.05, 0.1) is 41.8 Å². The van der Waals surface area contributed by atoms with E-state index in [1.807, 2.05) is 24.5 Å². The van der Waals surface area contributed by atoms with Crippen molar-refractivity contribution >= 4 is 11.8 Å². The van der Waals surface area contributed by atoms with E-state index in [9.17, 15) is 14.7 Å². The molecule has 13 heteroatoms. The van der Waals surface area contributed by atoms with Gasteiger partial charge in [-0.2, -0.15) is 0 Å². The standard InChI is InChI=1S/C43H50N8O5/c1-25(55-2)38(50-43(54)56-3)42(53)51-19-5-7-35(51)39-45-23-33(48-39)29-12-8-27(9-13-29)28-10-14-30(15-11-28)34-24-46-40(49-34)36-31-16-17-32(20-31)37(36)41(52)47-22-26-6-4-18-44-21-26/h4,6,8-15,18,21,23-25,31-32,35-38,43,50,54H,5,7,16-17,19-20,22H2,1-3H3,(H,45,48)(H,46,49)(H,47,52)/t25-,31?,32?,35+,36+,37+,38+,43?/m1/s1. The summed E-state index contributed by atoms with van der Waals surface area (Å²) in [6, 6.07) is 19.7. The summed E-state index contributed by atoms with van der Waals surface area (Å²) in [5, 5.41) is 16.0. The van der Waals surface area contributed by atoms with Gasteiger partial charge >= 0.3 is 0 Å². The highest BCUT2D eigenvalue weighted by Gasteiger charge is 2.52. The number of aromatic nitrogens is 5. The molecule has 2 aliphatic carbocycles. The fourth-order valence-electron chi connectivity index (χ4n) is 9.12. The fraction of sp³-hybridized carbons (Fsp3) is 0.419. The molecule has 3 aromatic heterocycles. The van der Waals surface area contributed by atoms with Crippen LogP contribution in [0.15, 0.2) is 85.5 Å². The number of likely N-dealkylation sites (tertiary alicyclic amines) is 1. The number of aliphatic hydroxyl groups excluding tert-OH is 1. The highest BCUT2D eigenvalue weighted by molar-refractivity contribution is 5.83. The van der Waals surface area contributed by atoms with Gasteiger partial charge < -0.3 is 34.8 Å². The number of pyridine rings is 1. The van der Waals surface area contributed by atoms with Crippen molar-refractivity contribution in [1.82, 2.24) is 40.5 Å². The number of H-pyrrole nitrogens is 2. The number of nitrogens with one attached hydrogen (secondary N) is 4. The number of methoxy groups -OCH3 is 2. The highest BCUT2D eigenvalue weighted by atomic mass is 16.6. The maximum absolute atomic E-state index is 13.7. The zero-order chi connectivity index (χ0) is 38.8. The molecule has 3 aliphatic rings. The quantitative estimate of drug-likeness (QED) is 0.0911. The van der Waals surface area contributed by atoms with Crippen molar-refractivity contribution < 1.29 is 24.2 Å². The van der Waals surface area contributed by atoms with Crippen molar-refractivity contribution in [3.63, 3.8) is 0 Å². The van der Waals surface area contributed by atoms with Gasteiger partial charge in [0.1, 0.15) is 17.7 Å². The fourth-order valence-corrected chi connectivity index (χ4v) is 9.12. The van der Waals surface area contributed by atoms with Crippen LogP contribution in [0, 0.1) is 17.8 Å². The molecular formula is C43H50N8O5. The molecule has 2 amide bonds. The van der Waals surface area contributed by atoms with E-state index in [0.29, 0.717) is 24.9 Å². The van der Waals surface area contributed by atoms with Gasteiger partial charge in [-0.1, -0.05) is 54.6 Å². The van der Waals surface area contributed by atoms with Crippen LogP contribution >= 0.6 is 0 Å². The number of aliphatic hydroxyl groups is 1. The van der Waals surface area contributed by atoms with E-state index in [-0.39, 0.29) is 29.7 Å². The van der Waals surface area contributed by atoms with Crippen LogP contribution in [-0.2, 0) is 25.6 Å². The number of carbonyl (C=O) groups is 2. The molecule has 2 bridgehead atoms. The molecule has 5 N–H and O–H groups in total. The van der Waals surface area contributed by atoms with Crippen LogP contribution in [0.25, 0.3) is 33.6 Å². The molecule has 1 saturated heterocycles. The second-order valence-corrected chi connectivity index (χ2v) is 15.3. The Morgan fingerprint density at radius 1 is 0.857 bits per heavy atom. The number of nitrogens with zero attached hydrogens (tertiary/aromatic N) is 4. The van der Waals surface area contributed by atoms with Gasteiger partial charge in [-0.05, 0) is 84.7 Å². The van der Waals surface area contributed by atoms with Crippen LogP contribution in [-0.4, -0.2) is 86.1 Å². The minimum Gasteiger partial charge on any atom is -0.380 e. The van der Waals surface area contributed by atoms with Gasteiger partial charge in [0.25, 0.3) is 0 Å². The predicted molar refractivity (Wildman–Crippen MR) is 210 cm³/mol. The molecule has 3 unspecified atom stereocenters. The summed E-state index contributed by atoms with van der Waals surface area (Å²) in [4.78, 5) is 49.7. The Morgan fingerprint density at radius 2 is 1.50 bits per heavy atom. The van der Waals surface area contributed by atoms with Crippen LogP contribution in [0.1, 0.15) is 68.2 Å². The summed E-state index contributed by atoms with van der Waals surface area (Å²) in [5.41, 5.74) is 7.03. The average molecular weight is 759 g/mol. The van der Waals surface area contributed by atoms with Crippen LogP contribution in [0.4, 0.5) is 0 Å². The molecule has 2 saturated carbocycles. The maximum Gasteiger partial charge on any atom is 0.243 e. The van der Waals surface area contributed by atoms with Gasteiger partial charge in [-0.15, -0.1) is 0 Å². The summed E-state index contributed by atoms with van der Waals surface area (Å²) < 4.78 is 10.4. The molecule has 292 valence electrons. The van der Waals surface area contributed by atoms with E-state index in [1.165, 1.54) is 14.2 Å². The average Bonchev–Trinajstić information content (AvgIpc) is 4.10. The van der Waals surface area contributed by atoms with Gasteiger partial charge in [0.15, 0.2) is 0 Å². The molecule has 0 radical (unpaired) electrons. The number of amides is 2. The first kappa shape index (κ1) is 37.7. The van der Waals surface area contributed by atoms with Crippen molar-refractivity contribution in [2.45, 2.75) is 76.1 Å². The first-order valence-electron chi connectivity index (χ1n) is 19.6. The van der Waals surface area contributed by atoms with Crippen molar-refractivity contribution in [2.75, 3.05) is 20.8 Å². The second-order valence-electron chi connectivity index (χ2n) is 15.3. The summed E-state index contributed by atoms with van der Waals surface area (Å²) >= 11 is 0.